The predicted octanol–water partition coefficient (Wildman–Crippen LogP) is 11.6. The lowest BCUT2D eigenvalue weighted by Crippen LogP contribution is -2.25. The molecule has 0 radical (unpaired) electrons. The minimum Gasteiger partial charge on any atom is -0.511 e. The molecule has 56 heavy (non-hydrogen) atoms. The first-order valence-electron chi connectivity index (χ1n) is 20.0. The summed E-state index contributed by atoms with van der Waals surface area (Å²) in [5, 5.41) is 31.9. The van der Waals surface area contributed by atoms with Crippen molar-refractivity contribution in [2.75, 3.05) is 13.2 Å². The number of rotatable bonds is 12. The van der Waals surface area contributed by atoms with Crippen molar-refractivity contribution >= 4 is 44.9 Å². The minimum atomic E-state index is -0.112. The molecule has 0 bridgehead atoms. The van der Waals surface area contributed by atoms with Crippen LogP contribution in [0.2, 0.25) is 0 Å². The molecule has 2 atom stereocenters. The maximum atomic E-state index is 13.0. The van der Waals surface area contributed by atoms with E-state index in [1.165, 1.54) is 11.1 Å². The van der Waals surface area contributed by atoms with E-state index in [4.69, 9.17) is 18.5 Å². The van der Waals surface area contributed by atoms with E-state index in [9.17, 15) is 19.8 Å². The SMILES string of the molecule is CCC/C(=N\OCC)C1=C(O)CC(c2c(C)c(C)c(C)c3ccoc23)CC1=O.CCC/C(=N\OCC)C1=C(O)CC(c2c(C)c(C)c3occc3c2C)CC1=O. The van der Waals surface area contributed by atoms with Gasteiger partial charge in [0.05, 0.1) is 35.1 Å². The standard InChI is InChI=1S/2C23H29NO4/c1-6-8-18(24-28-7-2)22-19(25)11-16(12-20(22)26)21-13(3)14(4)23-17(15(21)5)9-10-27-23;1-6-8-18(24-28-7-2)22-19(25)11-16(12-20(22)26)21-15(5)13(3)14(4)17-9-10-27-23(17)21/h2*9-10,16,25H,6-8,11-12H2,1-5H3/b2*24-18+. The van der Waals surface area contributed by atoms with Crippen molar-refractivity contribution < 1.29 is 38.3 Å². The number of carbonyl (C=O) groups excluding carboxylic acids is 2. The fourth-order valence-corrected chi connectivity index (χ4v) is 8.51. The van der Waals surface area contributed by atoms with Crippen LogP contribution < -0.4 is 0 Å². The van der Waals surface area contributed by atoms with Crippen molar-refractivity contribution in [3.05, 3.63) is 91.8 Å². The Morgan fingerprint density at radius 2 is 1.05 bits per heavy atom. The quantitative estimate of drug-likeness (QED) is 0.107. The third-order valence-electron chi connectivity index (χ3n) is 11.5. The summed E-state index contributed by atoms with van der Waals surface area (Å²) >= 11 is 0. The number of aryl methyl sites for hydroxylation is 3. The molecule has 10 nitrogen and oxygen atoms in total. The summed E-state index contributed by atoms with van der Waals surface area (Å²) in [7, 11) is 0. The van der Waals surface area contributed by atoms with E-state index < -0.39 is 0 Å². The Balaban J connectivity index is 0.000000214. The summed E-state index contributed by atoms with van der Waals surface area (Å²) in [6.07, 6.45) is 7.77. The number of hydrogen-bond donors (Lipinski definition) is 2. The highest BCUT2D eigenvalue weighted by Gasteiger charge is 2.35. The Bertz CT molecular complexity index is 2240. The predicted molar refractivity (Wildman–Crippen MR) is 222 cm³/mol. The smallest absolute Gasteiger partial charge is 0.168 e. The Labute approximate surface area is 330 Å². The summed E-state index contributed by atoms with van der Waals surface area (Å²) in [6.45, 7) is 21.0. The Hall–Kier alpha value is -5.12. The number of allylic oxidation sites excluding steroid dienone is 4. The lowest BCUT2D eigenvalue weighted by Gasteiger charge is -2.27. The monoisotopic (exact) mass is 766 g/mol. The van der Waals surface area contributed by atoms with Gasteiger partial charge < -0.3 is 28.7 Å². The molecule has 0 saturated heterocycles. The summed E-state index contributed by atoms with van der Waals surface area (Å²) in [4.78, 5) is 36.4. The van der Waals surface area contributed by atoms with Gasteiger partial charge in [-0.25, -0.2) is 0 Å². The molecule has 4 aromatic rings. The molecule has 0 aliphatic heterocycles. The maximum Gasteiger partial charge on any atom is 0.168 e. The Morgan fingerprint density at radius 1 is 0.607 bits per heavy atom. The van der Waals surface area contributed by atoms with Gasteiger partial charge >= 0.3 is 0 Å². The third-order valence-corrected chi connectivity index (χ3v) is 11.5. The van der Waals surface area contributed by atoms with E-state index in [1.54, 1.807) is 12.5 Å². The molecule has 2 aliphatic rings. The number of Topliss-reactive ketones (excluding diaryl/α,β-unsaturated/α-hetero) is 2. The van der Waals surface area contributed by atoms with Gasteiger partial charge in [-0.05, 0) is 125 Å². The van der Waals surface area contributed by atoms with Crippen LogP contribution in [0.15, 0.2) is 66.5 Å². The lowest BCUT2D eigenvalue weighted by atomic mass is 9.76. The molecule has 10 heteroatoms. The number of carbonyl (C=O) groups is 2. The Kier molecular flexibility index (Phi) is 13.7. The van der Waals surface area contributed by atoms with Crippen molar-refractivity contribution in [3.8, 4) is 0 Å². The van der Waals surface area contributed by atoms with Crippen molar-refractivity contribution in [3.63, 3.8) is 0 Å². The number of aliphatic hydroxyl groups is 2. The molecule has 2 heterocycles. The topological polar surface area (TPSA) is 144 Å². The van der Waals surface area contributed by atoms with E-state index in [-0.39, 0.29) is 34.9 Å². The zero-order valence-electron chi connectivity index (χ0n) is 34.8. The molecule has 0 amide bonds. The average Bonchev–Trinajstić information content (AvgIpc) is 3.86. The number of oxime groups is 2. The molecule has 300 valence electrons. The molecule has 2 aromatic heterocycles. The van der Waals surface area contributed by atoms with Crippen LogP contribution in [0.4, 0.5) is 0 Å². The summed E-state index contributed by atoms with van der Waals surface area (Å²) in [6, 6.07) is 3.95. The number of aliphatic hydroxyl groups excluding tert-OH is 2. The molecule has 2 unspecified atom stereocenters. The van der Waals surface area contributed by atoms with Gasteiger partial charge in [0.15, 0.2) is 11.6 Å². The van der Waals surface area contributed by atoms with Gasteiger partial charge in [0.1, 0.15) is 35.9 Å². The van der Waals surface area contributed by atoms with Crippen LogP contribution in [0.25, 0.3) is 21.9 Å². The van der Waals surface area contributed by atoms with Crippen LogP contribution in [0.5, 0.6) is 0 Å². The highest BCUT2D eigenvalue weighted by atomic mass is 16.6. The van der Waals surface area contributed by atoms with Gasteiger partial charge in [-0.3, -0.25) is 9.59 Å². The molecule has 2 aromatic carbocycles. The van der Waals surface area contributed by atoms with E-state index in [2.05, 4.69) is 44.9 Å². The van der Waals surface area contributed by atoms with Gasteiger partial charge in [-0.15, -0.1) is 0 Å². The number of ketones is 2. The second kappa shape index (κ2) is 18.2. The number of furan rings is 2. The van der Waals surface area contributed by atoms with E-state index in [1.807, 2.05) is 46.8 Å². The first-order valence-corrected chi connectivity index (χ1v) is 20.0. The van der Waals surface area contributed by atoms with Gasteiger partial charge in [-0.1, -0.05) is 37.0 Å². The maximum absolute atomic E-state index is 13.0. The first-order chi connectivity index (χ1) is 26.8. The van der Waals surface area contributed by atoms with E-state index in [0.29, 0.717) is 74.3 Å². The third kappa shape index (κ3) is 8.20. The second-order valence-corrected chi connectivity index (χ2v) is 15.0. The Morgan fingerprint density at radius 3 is 1.52 bits per heavy atom. The highest BCUT2D eigenvalue weighted by molar-refractivity contribution is 6.24. The zero-order valence-corrected chi connectivity index (χ0v) is 34.8. The van der Waals surface area contributed by atoms with Crippen LogP contribution >= 0.6 is 0 Å². The fraction of sp³-hybridized carbons (Fsp3) is 0.478. The molecule has 6 rings (SSSR count). The van der Waals surface area contributed by atoms with Crippen LogP contribution in [-0.4, -0.2) is 46.4 Å². The van der Waals surface area contributed by atoms with Crippen LogP contribution in [0.1, 0.15) is 135 Å². The summed E-state index contributed by atoms with van der Waals surface area (Å²) in [5.41, 5.74) is 12.6. The number of fused-ring (bicyclic) bond motifs is 2. The molecule has 0 saturated carbocycles. The van der Waals surface area contributed by atoms with Gasteiger partial charge in [0.2, 0.25) is 0 Å². The highest BCUT2D eigenvalue weighted by Crippen LogP contribution is 2.43. The van der Waals surface area contributed by atoms with Crippen molar-refractivity contribution in [1.29, 1.82) is 0 Å². The molecule has 0 spiro atoms. The van der Waals surface area contributed by atoms with Gasteiger partial charge in [0, 0.05) is 47.9 Å². The normalized spacial score (nSPS) is 18.2. The van der Waals surface area contributed by atoms with E-state index >= 15 is 0 Å². The molecular formula is C46H58N2O8. The van der Waals surface area contributed by atoms with Crippen LogP contribution in [-0.2, 0) is 19.3 Å². The molecule has 2 N–H and O–H groups in total. The molecule has 0 fully saturated rings. The number of nitrogens with zero attached hydrogens (tertiary/aromatic N) is 2. The zero-order chi connectivity index (χ0) is 40.8. The molecule has 2 aliphatic carbocycles. The summed E-state index contributed by atoms with van der Waals surface area (Å²) < 4.78 is 11.5. The number of benzene rings is 2. The van der Waals surface area contributed by atoms with Crippen molar-refractivity contribution in [2.45, 2.75) is 132 Å². The fourth-order valence-electron chi connectivity index (χ4n) is 8.51. The van der Waals surface area contributed by atoms with Crippen LogP contribution in [0, 0.1) is 41.5 Å². The van der Waals surface area contributed by atoms with Crippen molar-refractivity contribution in [2.24, 2.45) is 10.3 Å². The van der Waals surface area contributed by atoms with E-state index in [0.717, 1.165) is 68.2 Å². The second-order valence-electron chi connectivity index (χ2n) is 15.0. The average molecular weight is 767 g/mol. The van der Waals surface area contributed by atoms with Crippen LogP contribution in [0.3, 0.4) is 0 Å². The lowest BCUT2D eigenvalue weighted by molar-refractivity contribution is -0.117. The number of hydrogen-bond acceptors (Lipinski definition) is 10. The summed E-state index contributed by atoms with van der Waals surface area (Å²) in [5.74, 6) is -0.0897. The van der Waals surface area contributed by atoms with Gasteiger partial charge in [-0.2, -0.15) is 0 Å². The molecular weight excluding hydrogens is 709 g/mol. The van der Waals surface area contributed by atoms with Gasteiger partial charge in [0.25, 0.3) is 0 Å². The minimum absolute atomic E-state index is 0.0516. The largest absolute Gasteiger partial charge is 0.511 e. The first kappa shape index (κ1) is 42.0. The van der Waals surface area contributed by atoms with Crippen molar-refractivity contribution in [1.82, 2.24) is 0 Å².